The van der Waals surface area contributed by atoms with Gasteiger partial charge >= 0.3 is 0 Å². The van der Waals surface area contributed by atoms with Crippen molar-refractivity contribution in [3.63, 3.8) is 0 Å². The molecule has 0 aliphatic carbocycles. The molecule has 0 saturated carbocycles. The molecule has 0 fully saturated rings. The summed E-state index contributed by atoms with van der Waals surface area (Å²) in [5.41, 5.74) is 0.986. The van der Waals surface area contributed by atoms with Crippen LogP contribution in [-0.2, 0) is 11.3 Å². The van der Waals surface area contributed by atoms with Crippen LogP contribution < -0.4 is 11.2 Å². The Kier molecular flexibility index (Phi) is 5.68. The average molecular weight is 253 g/mol. The number of carbonyl (C=O) groups excluding carboxylic acids is 2. The highest BCUT2D eigenvalue weighted by Crippen LogP contribution is 2.14. The Morgan fingerprint density at radius 1 is 1.53 bits per heavy atom. The zero-order valence-electron chi connectivity index (χ0n) is 9.50. The van der Waals surface area contributed by atoms with E-state index in [1.54, 1.807) is 0 Å². The lowest BCUT2D eigenvalue weighted by molar-refractivity contribution is -0.110. The molecule has 1 rings (SSSR count). The lowest BCUT2D eigenvalue weighted by Crippen LogP contribution is -2.40. The fourth-order valence-corrected chi connectivity index (χ4v) is 1.83. The van der Waals surface area contributed by atoms with Gasteiger partial charge in [-0.2, -0.15) is 0 Å². The standard InChI is InChI=1S/C11H15N3O2S/c1-13-11(16)17-10(8-15)14(12)7-9-5-3-2-4-6-9/h2-6,8,10H,7,12H2,1H3,(H,13,16). The molecule has 6 heteroatoms. The quantitative estimate of drug-likeness (QED) is 0.354. The summed E-state index contributed by atoms with van der Waals surface area (Å²) >= 11 is 0.855. The summed E-state index contributed by atoms with van der Waals surface area (Å²) < 4.78 is 0. The van der Waals surface area contributed by atoms with Crippen LogP contribution in [0.3, 0.4) is 0 Å². The van der Waals surface area contributed by atoms with Crippen molar-refractivity contribution in [3.05, 3.63) is 35.9 Å². The van der Waals surface area contributed by atoms with Crippen molar-refractivity contribution in [3.8, 4) is 0 Å². The molecule has 17 heavy (non-hydrogen) atoms. The van der Waals surface area contributed by atoms with Crippen LogP contribution in [0.25, 0.3) is 0 Å². The molecule has 1 aromatic rings. The minimum atomic E-state index is -0.685. The van der Waals surface area contributed by atoms with Gasteiger partial charge in [0, 0.05) is 13.6 Å². The predicted octanol–water partition coefficient (Wildman–Crippen LogP) is 0.960. The summed E-state index contributed by atoms with van der Waals surface area (Å²) in [7, 11) is 1.51. The van der Waals surface area contributed by atoms with Crippen LogP contribution >= 0.6 is 11.8 Å². The molecule has 3 N–H and O–H groups in total. The van der Waals surface area contributed by atoms with E-state index < -0.39 is 5.37 Å². The van der Waals surface area contributed by atoms with E-state index in [0.29, 0.717) is 12.8 Å². The molecule has 0 aliphatic rings. The molecule has 1 aromatic carbocycles. The van der Waals surface area contributed by atoms with Gasteiger partial charge in [0.2, 0.25) is 0 Å². The Morgan fingerprint density at radius 2 is 2.18 bits per heavy atom. The molecule has 0 aliphatic heterocycles. The van der Waals surface area contributed by atoms with Crippen molar-refractivity contribution in [2.75, 3.05) is 7.05 Å². The largest absolute Gasteiger partial charge is 0.350 e. The highest BCUT2D eigenvalue weighted by atomic mass is 32.2. The molecular formula is C11H15N3O2S. The van der Waals surface area contributed by atoms with Gasteiger partial charge in [-0.15, -0.1) is 0 Å². The van der Waals surface area contributed by atoms with Crippen LogP contribution in [0.15, 0.2) is 30.3 Å². The zero-order chi connectivity index (χ0) is 12.7. The van der Waals surface area contributed by atoms with Crippen LogP contribution in [0.5, 0.6) is 0 Å². The normalized spacial score (nSPS) is 12.2. The van der Waals surface area contributed by atoms with E-state index in [1.807, 2.05) is 30.3 Å². The number of amides is 1. The number of nitrogens with zero attached hydrogens (tertiary/aromatic N) is 1. The molecule has 0 spiro atoms. The Balaban J connectivity index is 2.58. The number of aldehydes is 1. The SMILES string of the molecule is CNC(=O)SC(C=O)N(N)Cc1ccccc1. The molecule has 0 bridgehead atoms. The third-order valence-corrected chi connectivity index (χ3v) is 3.12. The monoisotopic (exact) mass is 253 g/mol. The predicted molar refractivity (Wildman–Crippen MR) is 68.1 cm³/mol. The first-order chi connectivity index (χ1) is 8.17. The maximum atomic E-state index is 11.1. The minimum Gasteiger partial charge on any atom is -0.350 e. The lowest BCUT2D eigenvalue weighted by Gasteiger charge is -2.21. The fraction of sp³-hybridized carbons (Fsp3) is 0.273. The van der Waals surface area contributed by atoms with E-state index in [4.69, 9.17) is 5.84 Å². The lowest BCUT2D eigenvalue weighted by atomic mass is 10.2. The summed E-state index contributed by atoms with van der Waals surface area (Å²) in [6.45, 7) is 0.411. The first-order valence-electron chi connectivity index (χ1n) is 5.06. The summed E-state index contributed by atoms with van der Waals surface area (Å²) in [6.07, 6.45) is 0.656. The van der Waals surface area contributed by atoms with Crippen LogP contribution in [0.1, 0.15) is 5.56 Å². The van der Waals surface area contributed by atoms with Gasteiger partial charge in [0.25, 0.3) is 5.24 Å². The van der Waals surface area contributed by atoms with E-state index in [2.05, 4.69) is 5.32 Å². The van der Waals surface area contributed by atoms with Gasteiger partial charge in [-0.3, -0.25) is 10.6 Å². The number of hydrazine groups is 1. The van der Waals surface area contributed by atoms with Crippen molar-refractivity contribution < 1.29 is 9.59 Å². The molecule has 92 valence electrons. The van der Waals surface area contributed by atoms with Gasteiger partial charge in [0.1, 0.15) is 11.7 Å². The molecule has 1 atom stereocenters. The van der Waals surface area contributed by atoms with Crippen molar-refractivity contribution >= 4 is 23.3 Å². The zero-order valence-corrected chi connectivity index (χ0v) is 10.3. The van der Waals surface area contributed by atoms with E-state index in [1.165, 1.54) is 12.1 Å². The Labute approximate surface area is 104 Å². The molecular weight excluding hydrogens is 238 g/mol. The first kappa shape index (κ1) is 13.7. The van der Waals surface area contributed by atoms with E-state index in [-0.39, 0.29) is 5.24 Å². The third kappa shape index (κ3) is 4.56. The summed E-state index contributed by atoms with van der Waals surface area (Å²) in [5, 5.41) is 2.80. The number of carbonyl (C=O) groups is 2. The molecule has 0 heterocycles. The van der Waals surface area contributed by atoms with Crippen LogP contribution in [-0.4, -0.2) is 29.0 Å². The van der Waals surface area contributed by atoms with Crippen molar-refractivity contribution in [1.29, 1.82) is 0 Å². The summed E-state index contributed by atoms with van der Waals surface area (Å²) in [6, 6.07) is 9.51. The number of benzene rings is 1. The fourth-order valence-electron chi connectivity index (χ4n) is 1.23. The maximum Gasteiger partial charge on any atom is 0.280 e. The highest BCUT2D eigenvalue weighted by molar-refractivity contribution is 8.14. The molecule has 0 radical (unpaired) electrons. The van der Waals surface area contributed by atoms with E-state index in [0.717, 1.165) is 17.3 Å². The minimum absolute atomic E-state index is 0.286. The van der Waals surface area contributed by atoms with Gasteiger partial charge in [0.15, 0.2) is 0 Å². The van der Waals surface area contributed by atoms with E-state index >= 15 is 0 Å². The Bertz CT molecular complexity index is 372. The van der Waals surface area contributed by atoms with Crippen LogP contribution in [0.2, 0.25) is 0 Å². The summed E-state index contributed by atoms with van der Waals surface area (Å²) in [4.78, 5) is 22.0. The highest BCUT2D eigenvalue weighted by Gasteiger charge is 2.18. The van der Waals surface area contributed by atoms with Gasteiger partial charge in [-0.25, -0.2) is 5.01 Å². The van der Waals surface area contributed by atoms with Crippen molar-refractivity contribution in [2.24, 2.45) is 5.84 Å². The molecule has 1 amide bonds. The van der Waals surface area contributed by atoms with Crippen molar-refractivity contribution in [1.82, 2.24) is 10.3 Å². The number of thioether (sulfide) groups is 1. The molecule has 0 aromatic heterocycles. The number of nitrogens with two attached hydrogens (primary N) is 1. The molecule has 1 unspecified atom stereocenters. The van der Waals surface area contributed by atoms with Gasteiger partial charge in [0.05, 0.1) is 0 Å². The molecule has 0 saturated heterocycles. The second-order valence-electron chi connectivity index (χ2n) is 3.34. The topological polar surface area (TPSA) is 75.4 Å². The van der Waals surface area contributed by atoms with Gasteiger partial charge < -0.3 is 10.1 Å². The number of hydrogen-bond donors (Lipinski definition) is 2. The smallest absolute Gasteiger partial charge is 0.280 e. The van der Waals surface area contributed by atoms with Crippen molar-refractivity contribution in [2.45, 2.75) is 11.9 Å². The van der Waals surface area contributed by atoms with Crippen LogP contribution in [0.4, 0.5) is 4.79 Å². The van der Waals surface area contributed by atoms with Crippen LogP contribution in [0, 0.1) is 0 Å². The summed E-state index contributed by atoms with van der Waals surface area (Å²) in [5.74, 6) is 5.76. The second-order valence-corrected chi connectivity index (χ2v) is 4.43. The van der Waals surface area contributed by atoms with Gasteiger partial charge in [-0.1, -0.05) is 30.3 Å². The number of hydrogen-bond acceptors (Lipinski definition) is 5. The molecule has 5 nitrogen and oxygen atoms in total. The first-order valence-corrected chi connectivity index (χ1v) is 5.94. The average Bonchev–Trinajstić information content (AvgIpc) is 2.36. The van der Waals surface area contributed by atoms with Gasteiger partial charge in [-0.05, 0) is 17.3 Å². The maximum absolute atomic E-state index is 11.1. The number of nitrogens with one attached hydrogen (secondary N) is 1. The third-order valence-electron chi connectivity index (χ3n) is 2.08. The van der Waals surface area contributed by atoms with E-state index in [9.17, 15) is 9.59 Å². The Hall–Kier alpha value is -1.37. The Morgan fingerprint density at radius 3 is 2.71 bits per heavy atom. The number of rotatable bonds is 5. The second kappa shape index (κ2) is 7.05.